The van der Waals surface area contributed by atoms with E-state index in [1.54, 1.807) is 6.08 Å². The Bertz CT molecular complexity index is 342. The first kappa shape index (κ1) is 11.5. The first-order valence-electron chi connectivity index (χ1n) is 5.52. The molecule has 0 aromatic heterocycles. The number of rotatable bonds is 1. The van der Waals surface area contributed by atoms with Crippen molar-refractivity contribution in [2.45, 2.75) is 31.5 Å². The van der Waals surface area contributed by atoms with Crippen molar-refractivity contribution in [1.29, 1.82) is 0 Å². The molecule has 0 bridgehead atoms. The standard InChI is InChI=1S/C12H14F3N/c13-12(14,15)10-6-4-9(5-7-10)11-3-1-2-8-16-11/h4,6-7,10-11,16H,1-3,8H2. The van der Waals surface area contributed by atoms with E-state index in [4.69, 9.17) is 0 Å². The third kappa shape index (κ3) is 2.57. The molecule has 1 aliphatic carbocycles. The number of allylic oxidation sites excluding steroid dienone is 1. The molecule has 1 fully saturated rings. The quantitative estimate of drug-likeness (QED) is 0.682. The highest BCUT2D eigenvalue weighted by Gasteiger charge is 2.36. The van der Waals surface area contributed by atoms with Gasteiger partial charge in [0.2, 0.25) is 0 Å². The van der Waals surface area contributed by atoms with Crippen LogP contribution in [0.15, 0.2) is 29.5 Å². The van der Waals surface area contributed by atoms with Gasteiger partial charge in [0.25, 0.3) is 0 Å². The SMILES string of the molecule is FC(F)(F)C1C=C=C(C2CCCCN2)C=C1. The second-order valence-electron chi connectivity index (χ2n) is 4.20. The van der Waals surface area contributed by atoms with Crippen molar-refractivity contribution in [1.82, 2.24) is 5.32 Å². The third-order valence-electron chi connectivity index (χ3n) is 2.98. The van der Waals surface area contributed by atoms with Crippen LogP contribution in [0.3, 0.4) is 0 Å². The summed E-state index contributed by atoms with van der Waals surface area (Å²) in [5.74, 6) is -1.47. The van der Waals surface area contributed by atoms with Gasteiger partial charge in [-0.15, -0.1) is 5.73 Å². The molecule has 1 nitrogen and oxygen atoms in total. The van der Waals surface area contributed by atoms with Crippen molar-refractivity contribution in [3.8, 4) is 0 Å². The van der Waals surface area contributed by atoms with E-state index in [2.05, 4.69) is 11.0 Å². The van der Waals surface area contributed by atoms with Gasteiger partial charge in [0.1, 0.15) is 0 Å². The summed E-state index contributed by atoms with van der Waals surface area (Å²) in [5.41, 5.74) is 3.62. The Balaban J connectivity index is 2.09. The largest absolute Gasteiger partial charge is 0.399 e. The average Bonchev–Trinajstić information content (AvgIpc) is 2.29. The maximum Gasteiger partial charge on any atom is 0.399 e. The molecule has 1 saturated heterocycles. The molecule has 2 aliphatic rings. The number of halogens is 3. The topological polar surface area (TPSA) is 12.0 Å². The van der Waals surface area contributed by atoms with Crippen LogP contribution in [-0.2, 0) is 0 Å². The monoisotopic (exact) mass is 229 g/mol. The Morgan fingerprint density at radius 2 is 2.12 bits per heavy atom. The van der Waals surface area contributed by atoms with Crippen molar-refractivity contribution in [3.05, 3.63) is 29.5 Å². The summed E-state index contributed by atoms with van der Waals surface area (Å²) in [5, 5.41) is 3.29. The molecule has 0 saturated carbocycles. The van der Waals surface area contributed by atoms with Gasteiger partial charge in [-0.25, -0.2) is 0 Å². The van der Waals surface area contributed by atoms with Crippen LogP contribution in [0, 0.1) is 5.92 Å². The second-order valence-corrected chi connectivity index (χ2v) is 4.20. The summed E-state index contributed by atoms with van der Waals surface area (Å²) in [6.07, 6.45) is 2.95. The molecule has 0 radical (unpaired) electrons. The van der Waals surface area contributed by atoms with E-state index in [1.807, 2.05) is 0 Å². The predicted octanol–water partition coefficient (Wildman–Crippen LogP) is 2.96. The fraction of sp³-hybridized carbons (Fsp3) is 0.583. The van der Waals surface area contributed by atoms with Gasteiger partial charge in [0.15, 0.2) is 0 Å². The van der Waals surface area contributed by atoms with Crippen molar-refractivity contribution in [3.63, 3.8) is 0 Å². The zero-order valence-electron chi connectivity index (χ0n) is 8.85. The van der Waals surface area contributed by atoms with Crippen LogP contribution in [0.1, 0.15) is 19.3 Å². The van der Waals surface area contributed by atoms with E-state index < -0.39 is 12.1 Å². The molecule has 1 heterocycles. The molecular weight excluding hydrogens is 215 g/mol. The maximum absolute atomic E-state index is 12.4. The van der Waals surface area contributed by atoms with Crippen LogP contribution in [0.5, 0.6) is 0 Å². The fourth-order valence-electron chi connectivity index (χ4n) is 2.03. The molecule has 1 N–H and O–H groups in total. The van der Waals surface area contributed by atoms with Gasteiger partial charge in [-0.05, 0) is 25.5 Å². The van der Waals surface area contributed by atoms with Gasteiger partial charge in [-0.1, -0.05) is 18.6 Å². The lowest BCUT2D eigenvalue weighted by molar-refractivity contribution is -0.148. The highest BCUT2D eigenvalue weighted by molar-refractivity contribution is 5.30. The number of alkyl halides is 3. The Labute approximate surface area is 92.7 Å². The first-order chi connectivity index (χ1) is 7.57. The summed E-state index contributed by atoms with van der Waals surface area (Å²) in [6, 6.07) is 0.176. The maximum atomic E-state index is 12.4. The summed E-state index contributed by atoms with van der Waals surface area (Å²) in [4.78, 5) is 0. The van der Waals surface area contributed by atoms with E-state index in [-0.39, 0.29) is 6.04 Å². The van der Waals surface area contributed by atoms with Crippen LogP contribution in [0.2, 0.25) is 0 Å². The number of nitrogens with one attached hydrogen (secondary N) is 1. The van der Waals surface area contributed by atoms with Gasteiger partial charge >= 0.3 is 6.18 Å². The van der Waals surface area contributed by atoms with Gasteiger partial charge in [-0.3, -0.25) is 0 Å². The Hall–Kier alpha value is -0.990. The summed E-state index contributed by atoms with van der Waals surface area (Å²) < 4.78 is 37.1. The van der Waals surface area contributed by atoms with Crippen LogP contribution >= 0.6 is 0 Å². The molecule has 0 amide bonds. The normalized spacial score (nSPS) is 30.3. The van der Waals surface area contributed by atoms with Crippen LogP contribution in [0.4, 0.5) is 13.2 Å². The summed E-state index contributed by atoms with van der Waals surface area (Å²) in [7, 11) is 0. The van der Waals surface area contributed by atoms with E-state index in [1.165, 1.54) is 6.08 Å². The van der Waals surface area contributed by atoms with Crippen LogP contribution < -0.4 is 5.32 Å². The highest BCUT2D eigenvalue weighted by atomic mass is 19.4. The Morgan fingerprint density at radius 3 is 2.62 bits per heavy atom. The van der Waals surface area contributed by atoms with Crippen LogP contribution in [0.25, 0.3) is 0 Å². The highest BCUT2D eigenvalue weighted by Crippen LogP contribution is 2.31. The predicted molar refractivity (Wildman–Crippen MR) is 55.9 cm³/mol. The average molecular weight is 229 g/mol. The van der Waals surface area contributed by atoms with Crippen molar-refractivity contribution < 1.29 is 13.2 Å². The smallest absolute Gasteiger partial charge is 0.309 e. The first-order valence-corrected chi connectivity index (χ1v) is 5.52. The minimum Gasteiger partial charge on any atom is -0.309 e. The van der Waals surface area contributed by atoms with Crippen LogP contribution in [-0.4, -0.2) is 18.8 Å². The van der Waals surface area contributed by atoms with E-state index in [0.29, 0.717) is 0 Å². The fourth-order valence-corrected chi connectivity index (χ4v) is 2.03. The minimum absolute atomic E-state index is 0.176. The van der Waals surface area contributed by atoms with E-state index in [9.17, 15) is 13.2 Å². The summed E-state index contributed by atoms with van der Waals surface area (Å²) in [6.45, 7) is 0.937. The number of hydrogen-bond donors (Lipinski definition) is 1. The second kappa shape index (κ2) is 4.48. The van der Waals surface area contributed by atoms with Crippen molar-refractivity contribution in [2.75, 3.05) is 6.54 Å². The number of piperidine rings is 1. The molecule has 0 aromatic carbocycles. The number of hydrogen-bond acceptors (Lipinski definition) is 1. The molecule has 16 heavy (non-hydrogen) atoms. The van der Waals surface area contributed by atoms with Crippen molar-refractivity contribution in [2.24, 2.45) is 5.92 Å². The molecule has 1 aliphatic heterocycles. The Morgan fingerprint density at radius 1 is 1.31 bits per heavy atom. The molecule has 4 heteroatoms. The molecule has 2 unspecified atom stereocenters. The Kier molecular flexibility index (Phi) is 3.22. The molecule has 0 spiro atoms. The van der Waals surface area contributed by atoms with Gasteiger partial charge in [-0.2, -0.15) is 13.2 Å². The molecule has 2 atom stereocenters. The third-order valence-corrected chi connectivity index (χ3v) is 2.98. The van der Waals surface area contributed by atoms with Gasteiger partial charge < -0.3 is 5.32 Å². The summed E-state index contributed by atoms with van der Waals surface area (Å²) >= 11 is 0. The zero-order chi connectivity index (χ0) is 11.6. The molecule has 2 rings (SSSR count). The molecule has 0 aromatic rings. The van der Waals surface area contributed by atoms with Gasteiger partial charge in [0, 0.05) is 11.6 Å². The molecule has 88 valence electrons. The van der Waals surface area contributed by atoms with Crippen molar-refractivity contribution >= 4 is 0 Å². The van der Waals surface area contributed by atoms with E-state index in [0.717, 1.165) is 37.5 Å². The lowest BCUT2D eigenvalue weighted by Crippen LogP contribution is -2.35. The lowest BCUT2D eigenvalue weighted by atomic mass is 9.93. The minimum atomic E-state index is -4.19. The lowest BCUT2D eigenvalue weighted by Gasteiger charge is -2.25. The zero-order valence-corrected chi connectivity index (χ0v) is 8.85. The van der Waals surface area contributed by atoms with Gasteiger partial charge in [0.05, 0.1) is 5.92 Å². The van der Waals surface area contributed by atoms with E-state index >= 15 is 0 Å². The molecular formula is C12H14F3N.